The van der Waals surface area contributed by atoms with Gasteiger partial charge >= 0.3 is 0 Å². The summed E-state index contributed by atoms with van der Waals surface area (Å²) >= 11 is 0. The third-order valence-electron chi connectivity index (χ3n) is 5.98. The van der Waals surface area contributed by atoms with E-state index in [2.05, 4.69) is 47.6 Å². The number of nitrogens with one attached hydrogen (secondary N) is 3. The first-order chi connectivity index (χ1) is 18.4. The molecule has 0 saturated carbocycles. The first kappa shape index (κ1) is 24.6. The highest BCUT2D eigenvalue weighted by Gasteiger charge is 2.14. The second kappa shape index (κ2) is 10.5. The van der Waals surface area contributed by atoms with E-state index >= 15 is 0 Å². The van der Waals surface area contributed by atoms with Gasteiger partial charge in [-0.15, -0.1) is 0 Å². The Bertz CT molecular complexity index is 1640. The molecule has 0 aliphatic heterocycles. The van der Waals surface area contributed by atoms with Crippen LogP contribution in [0, 0.1) is 6.92 Å². The van der Waals surface area contributed by atoms with Crippen molar-refractivity contribution < 1.29 is 4.79 Å². The summed E-state index contributed by atoms with van der Waals surface area (Å²) in [6.07, 6.45) is 3.12. The van der Waals surface area contributed by atoms with Crippen LogP contribution in [0.1, 0.15) is 34.1 Å². The van der Waals surface area contributed by atoms with E-state index in [1.54, 1.807) is 36.1 Å². The van der Waals surface area contributed by atoms with Gasteiger partial charge in [-0.3, -0.25) is 9.48 Å². The summed E-state index contributed by atoms with van der Waals surface area (Å²) in [7, 11) is 1.77. The fourth-order valence-electron chi connectivity index (χ4n) is 3.81. The maximum Gasteiger partial charge on any atom is 0.256 e. The largest absolute Gasteiger partial charge is 0.350 e. The summed E-state index contributed by atoms with van der Waals surface area (Å²) in [6.45, 7) is 8.32. The lowest BCUT2D eigenvalue weighted by molar-refractivity contribution is 0.102. The Hall–Kier alpha value is -5.12. The summed E-state index contributed by atoms with van der Waals surface area (Å²) in [5, 5.41) is 13.9. The highest BCUT2D eigenvalue weighted by molar-refractivity contribution is 6.05. The third kappa shape index (κ3) is 5.34. The zero-order chi connectivity index (χ0) is 26.6. The van der Waals surface area contributed by atoms with E-state index in [4.69, 9.17) is 0 Å². The number of rotatable bonds is 8. The van der Waals surface area contributed by atoms with Gasteiger partial charge in [-0.25, -0.2) is 19.9 Å². The highest BCUT2D eigenvalue weighted by Crippen LogP contribution is 2.26. The number of aryl methyl sites for hydroxylation is 2. The number of nitrogens with zero attached hydrogens (tertiary/aromatic N) is 6. The summed E-state index contributed by atoms with van der Waals surface area (Å²) in [4.78, 5) is 30.8. The minimum absolute atomic E-state index is 0.258. The van der Waals surface area contributed by atoms with E-state index in [1.807, 2.05) is 50.2 Å². The molecule has 5 aromatic rings. The SMILES string of the molecule is C=C(C)c1cc(NC(=O)c2ccc(C)c(Nc3ncnc4cnc(NCc5ccccc5)nc34)c2)n(C)n1. The van der Waals surface area contributed by atoms with Crippen LogP contribution in [0.25, 0.3) is 16.6 Å². The van der Waals surface area contributed by atoms with Crippen LogP contribution in [0.5, 0.6) is 0 Å². The van der Waals surface area contributed by atoms with Crippen molar-refractivity contribution in [3.05, 3.63) is 96.1 Å². The molecule has 0 atom stereocenters. The number of anilines is 4. The summed E-state index contributed by atoms with van der Waals surface area (Å²) in [5.74, 6) is 1.30. The average molecular weight is 506 g/mol. The van der Waals surface area contributed by atoms with Gasteiger partial charge in [-0.2, -0.15) is 5.10 Å². The van der Waals surface area contributed by atoms with Gasteiger partial charge < -0.3 is 16.0 Å². The van der Waals surface area contributed by atoms with Crippen molar-refractivity contribution in [1.82, 2.24) is 29.7 Å². The van der Waals surface area contributed by atoms with E-state index in [0.717, 1.165) is 28.1 Å². The minimum Gasteiger partial charge on any atom is -0.350 e. The predicted molar refractivity (Wildman–Crippen MR) is 149 cm³/mol. The van der Waals surface area contributed by atoms with E-state index in [9.17, 15) is 4.79 Å². The Morgan fingerprint density at radius 3 is 2.63 bits per heavy atom. The maximum absolute atomic E-state index is 13.1. The Morgan fingerprint density at radius 2 is 1.87 bits per heavy atom. The number of carbonyl (C=O) groups is 1. The van der Waals surface area contributed by atoms with Crippen molar-refractivity contribution in [2.75, 3.05) is 16.0 Å². The molecule has 0 fully saturated rings. The number of aromatic nitrogens is 6. The Kier molecular flexibility index (Phi) is 6.77. The summed E-state index contributed by atoms with van der Waals surface area (Å²) in [6, 6.07) is 17.2. The molecular formula is C28H27N9O. The number of amides is 1. The molecule has 1 amide bonds. The quantitative estimate of drug-likeness (QED) is 0.266. The third-order valence-corrected chi connectivity index (χ3v) is 5.98. The van der Waals surface area contributed by atoms with Crippen molar-refractivity contribution in [1.29, 1.82) is 0 Å². The van der Waals surface area contributed by atoms with Crippen LogP contribution in [-0.2, 0) is 13.6 Å². The van der Waals surface area contributed by atoms with Gasteiger partial charge in [0.2, 0.25) is 5.95 Å². The van der Waals surface area contributed by atoms with E-state index in [1.165, 1.54) is 6.33 Å². The molecule has 0 unspecified atom stereocenters. The van der Waals surface area contributed by atoms with Crippen LogP contribution < -0.4 is 16.0 Å². The van der Waals surface area contributed by atoms with E-state index < -0.39 is 0 Å². The number of hydrogen-bond donors (Lipinski definition) is 3. The normalized spacial score (nSPS) is 10.8. The van der Waals surface area contributed by atoms with Crippen molar-refractivity contribution in [3.8, 4) is 0 Å². The average Bonchev–Trinajstić information content (AvgIpc) is 3.29. The molecule has 0 spiro atoms. The Morgan fingerprint density at radius 1 is 1.05 bits per heavy atom. The van der Waals surface area contributed by atoms with Crippen molar-refractivity contribution in [2.45, 2.75) is 20.4 Å². The van der Waals surface area contributed by atoms with Crippen LogP contribution in [0.4, 0.5) is 23.3 Å². The number of allylic oxidation sites excluding steroid dienone is 1. The van der Waals surface area contributed by atoms with Gasteiger partial charge in [0.25, 0.3) is 5.91 Å². The molecule has 0 aliphatic carbocycles. The molecule has 0 saturated heterocycles. The number of benzene rings is 2. The first-order valence-electron chi connectivity index (χ1n) is 12.0. The van der Waals surface area contributed by atoms with Gasteiger partial charge in [0.1, 0.15) is 23.2 Å². The monoisotopic (exact) mass is 505 g/mol. The van der Waals surface area contributed by atoms with Crippen LogP contribution >= 0.6 is 0 Å². The van der Waals surface area contributed by atoms with Crippen LogP contribution in [0.3, 0.4) is 0 Å². The number of fused-ring (bicyclic) bond motifs is 1. The number of carbonyl (C=O) groups excluding carboxylic acids is 1. The maximum atomic E-state index is 13.1. The van der Waals surface area contributed by atoms with Gasteiger partial charge in [0, 0.05) is 30.9 Å². The Balaban J connectivity index is 1.38. The molecule has 5 rings (SSSR count). The van der Waals surface area contributed by atoms with Gasteiger partial charge in [0.05, 0.1) is 11.9 Å². The van der Waals surface area contributed by atoms with Gasteiger partial charge in [0.15, 0.2) is 5.82 Å². The molecule has 0 aliphatic rings. The van der Waals surface area contributed by atoms with E-state index in [0.29, 0.717) is 40.7 Å². The van der Waals surface area contributed by atoms with Crippen molar-refractivity contribution >= 4 is 45.8 Å². The molecule has 0 bridgehead atoms. The van der Waals surface area contributed by atoms with Crippen molar-refractivity contribution in [2.24, 2.45) is 7.05 Å². The fraction of sp³-hybridized carbons (Fsp3) is 0.143. The number of hydrogen-bond acceptors (Lipinski definition) is 8. The lowest BCUT2D eigenvalue weighted by Gasteiger charge is -2.13. The molecule has 3 heterocycles. The smallest absolute Gasteiger partial charge is 0.256 e. The second-order valence-corrected chi connectivity index (χ2v) is 8.92. The molecular weight excluding hydrogens is 478 g/mol. The first-order valence-corrected chi connectivity index (χ1v) is 12.0. The lowest BCUT2D eigenvalue weighted by atomic mass is 10.1. The Labute approximate surface area is 219 Å². The zero-order valence-electron chi connectivity index (χ0n) is 21.4. The van der Waals surface area contributed by atoms with Crippen LogP contribution in [0.15, 0.2) is 73.7 Å². The highest BCUT2D eigenvalue weighted by atomic mass is 16.1. The lowest BCUT2D eigenvalue weighted by Crippen LogP contribution is -2.15. The fourth-order valence-corrected chi connectivity index (χ4v) is 3.81. The van der Waals surface area contributed by atoms with Crippen LogP contribution in [-0.4, -0.2) is 35.6 Å². The van der Waals surface area contributed by atoms with Gasteiger partial charge in [-0.05, 0) is 42.7 Å². The molecule has 10 heteroatoms. The van der Waals surface area contributed by atoms with Crippen LogP contribution in [0.2, 0.25) is 0 Å². The standard InChI is InChI=1S/C28H27N9O/c1-17(2)21-13-24(37(4)36-21)34-27(38)20-11-10-18(3)22(12-20)33-26-25-23(31-16-32-26)15-30-28(35-25)29-14-19-8-6-5-7-9-19/h5-13,15-16H,1,14H2,2-4H3,(H,34,38)(H,29,30,35)(H,31,32,33). The summed E-state index contributed by atoms with van der Waals surface area (Å²) in [5.41, 5.74) is 5.98. The second-order valence-electron chi connectivity index (χ2n) is 8.92. The molecule has 38 heavy (non-hydrogen) atoms. The molecule has 2 aromatic carbocycles. The summed E-state index contributed by atoms with van der Waals surface area (Å²) < 4.78 is 1.62. The molecule has 3 N–H and O–H groups in total. The minimum atomic E-state index is -0.258. The zero-order valence-corrected chi connectivity index (χ0v) is 21.4. The molecule has 10 nitrogen and oxygen atoms in total. The van der Waals surface area contributed by atoms with Gasteiger partial charge in [-0.1, -0.05) is 43.0 Å². The van der Waals surface area contributed by atoms with Crippen molar-refractivity contribution in [3.63, 3.8) is 0 Å². The molecule has 190 valence electrons. The molecule has 0 radical (unpaired) electrons. The molecule has 3 aromatic heterocycles. The van der Waals surface area contributed by atoms with E-state index in [-0.39, 0.29) is 5.91 Å². The predicted octanol–water partition coefficient (Wildman–Crippen LogP) is 5.10. The topological polar surface area (TPSA) is 123 Å².